The van der Waals surface area contributed by atoms with Crippen molar-refractivity contribution in [1.29, 1.82) is 10.5 Å². The van der Waals surface area contributed by atoms with Gasteiger partial charge in [-0.25, -0.2) is 9.59 Å². The van der Waals surface area contributed by atoms with Crippen molar-refractivity contribution < 1.29 is 19.4 Å². The van der Waals surface area contributed by atoms with E-state index in [1.54, 1.807) is 0 Å². The van der Waals surface area contributed by atoms with Crippen LogP contribution >= 0.6 is 0 Å². The van der Waals surface area contributed by atoms with Crippen LogP contribution in [0.4, 0.5) is 0 Å². The van der Waals surface area contributed by atoms with Crippen LogP contribution in [0.3, 0.4) is 0 Å². The lowest BCUT2D eigenvalue weighted by molar-refractivity contribution is -0.140. The molecule has 0 saturated heterocycles. The number of hydrogen-bond acceptors (Lipinski definition) is 5. The molecule has 4 rings (SSSR count). The molecule has 0 aliphatic carbocycles. The summed E-state index contributed by atoms with van der Waals surface area (Å²) in [5.74, 6) is -0.844. The fourth-order valence-corrected chi connectivity index (χ4v) is 6.48. The Hall–Kier alpha value is -5.72. The third-order valence-electron chi connectivity index (χ3n) is 9.66. The number of carboxylic acid groups (broad SMARTS) is 1. The molecule has 0 bridgehead atoms. The molecular formula is C48H54N2O4. The summed E-state index contributed by atoms with van der Waals surface area (Å²) in [7, 11) is 0. The van der Waals surface area contributed by atoms with Crippen molar-refractivity contribution in [3.05, 3.63) is 154 Å². The summed E-state index contributed by atoms with van der Waals surface area (Å²) in [4.78, 5) is 24.5. The van der Waals surface area contributed by atoms with Gasteiger partial charge in [0.05, 0.1) is 6.61 Å². The van der Waals surface area contributed by atoms with E-state index in [4.69, 9.17) is 4.74 Å². The van der Waals surface area contributed by atoms with E-state index < -0.39 is 11.9 Å². The topological polar surface area (TPSA) is 111 Å². The lowest BCUT2D eigenvalue weighted by atomic mass is 9.85. The molecule has 0 aliphatic rings. The average molecular weight is 723 g/mol. The lowest BCUT2D eigenvalue weighted by Gasteiger charge is -2.19. The van der Waals surface area contributed by atoms with Crippen molar-refractivity contribution in [1.82, 2.24) is 0 Å². The lowest BCUT2D eigenvalue weighted by Crippen LogP contribution is -2.16. The second-order valence-electron chi connectivity index (χ2n) is 13.4. The maximum atomic E-state index is 12.8. The number of carboxylic acids is 1. The van der Waals surface area contributed by atoms with Crippen molar-refractivity contribution in [3.63, 3.8) is 0 Å². The molecule has 0 saturated carbocycles. The number of carbonyl (C=O) groups excluding carboxylic acids is 1. The van der Waals surface area contributed by atoms with Crippen LogP contribution in [-0.2, 0) is 20.7 Å². The van der Waals surface area contributed by atoms with E-state index in [-0.39, 0.29) is 11.1 Å². The standard InChI is InChI=1S/2C24H27NO2/c1-3-5-12-19(4-2)18-27-24(26)22(17-25)23(20-13-8-6-9-14-20)21-15-10-7-11-16-21;1-3-5-11-18(4-2)16-20-14-9-10-15-21(20)23(22(17-25)24(26)27)19-12-7-6-8-13-19/h6-11,13-16,19H,3-5,12,18H2,1-2H3;6-10,12-15,18H,3-5,11,16H2,1-2H3,(H,26,27). The average Bonchev–Trinajstić information content (AvgIpc) is 3.21. The maximum Gasteiger partial charge on any atom is 0.349 e. The minimum Gasteiger partial charge on any atom is -0.477 e. The number of nitriles is 2. The molecule has 0 amide bonds. The van der Waals surface area contributed by atoms with E-state index >= 15 is 0 Å². The van der Waals surface area contributed by atoms with Gasteiger partial charge in [0.15, 0.2) is 0 Å². The SMILES string of the molecule is CCCCC(CC)COC(=O)C(C#N)=C(c1ccccc1)c1ccccc1.CCCCC(CC)Cc1ccccc1C(=C(C#N)C(=O)O)c1ccccc1. The Bertz CT molecular complexity index is 1860. The van der Waals surface area contributed by atoms with Crippen LogP contribution in [0, 0.1) is 34.5 Å². The van der Waals surface area contributed by atoms with Gasteiger partial charge in [0.2, 0.25) is 0 Å². The van der Waals surface area contributed by atoms with E-state index in [1.807, 2.05) is 115 Å². The van der Waals surface area contributed by atoms with Gasteiger partial charge in [-0.3, -0.25) is 0 Å². The molecule has 2 unspecified atom stereocenters. The van der Waals surface area contributed by atoms with Gasteiger partial charge in [-0.05, 0) is 52.5 Å². The van der Waals surface area contributed by atoms with Crippen LogP contribution in [0.1, 0.15) is 107 Å². The third-order valence-corrected chi connectivity index (χ3v) is 9.66. The van der Waals surface area contributed by atoms with E-state index in [0.29, 0.717) is 29.6 Å². The number of esters is 1. The highest BCUT2D eigenvalue weighted by Crippen LogP contribution is 2.32. The number of carbonyl (C=O) groups is 2. The molecule has 6 heteroatoms. The fraction of sp³-hybridized carbons (Fsp3) is 0.333. The molecule has 54 heavy (non-hydrogen) atoms. The van der Waals surface area contributed by atoms with Crippen LogP contribution in [0.15, 0.2) is 126 Å². The third kappa shape index (κ3) is 12.7. The quantitative estimate of drug-likeness (QED) is 0.0621. The molecule has 0 aromatic heterocycles. The smallest absolute Gasteiger partial charge is 0.349 e. The summed E-state index contributed by atoms with van der Waals surface area (Å²) in [6, 6.07) is 40.3. The van der Waals surface area contributed by atoms with Crippen molar-refractivity contribution in [3.8, 4) is 12.1 Å². The Kier molecular flexibility index (Phi) is 18.8. The van der Waals surface area contributed by atoms with Gasteiger partial charge in [0, 0.05) is 11.1 Å². The van der Waals surface area contributed by atoms with Crippen molar-refractivity contribution in [2.45, 2.75) is 85.5 Å². The van der Waals surface area contributed by atoms with Gasteiger partial charge in [0.1, 0.15) is 23.3 Å². The van der Waals surface area contributed by atoms with E-state index in [1.165, 1.54) is 12.8 Å². The van der Waals surface area contributed by atoms with Crippen LogP contribution in [0.2, 0.25) is 0 Å². The molecule has 6 nitrogen and oxygen atoms in total. The number of unbranched alkanes of at least 4 members (excludes halogenated alkanes) is 2. The van der Waals surface area contributed by atoms with Crippen molar-refractivity contribution >= 4 is 23.1 Å². The summed E-state index contributed by atoms with van der Waals surface area (Å²) in [6.07, 6.45) is 9.75. The summed E-state index contributed by atoms with van der Waals surface area (Å²) in [6.45, 7) is 9.02. The maximum absolute atomic E-state index is 12.8. The predicted octanol–water partition coefficient (Wildman–Crippen LogP) is 11.6. The van der Waals surface area contributed by atoms with E-state index in [9.17, 15) is 25.2 Å². The van der Waals surface area contributed by atoms with Crippen LogP contribution in [0.25, 0.3) is 11.1 Å². The zero-order valence-electron chi connectivity index (χ0n) is 32.3. The Morgan fingerprint density at radius 3 is 1.50 bits per heavy atom. The Morgan fingerprint density at radius 2 is 1.06 bits per heavy atom. The van der Waals surface area contributed by atoms with Crippen LogP contribution in [0.5, 0.6) is 0 Å². The number of benzene rings is 4. The number of hydrogen-bond donors (Lipinski definition) is 1. The van der Waals surface area contributed by atoms with Crippen molar-refractivity contribution in [2.75, 3.05) is 6.61 Å². The number of nitrogens with zero attached hydrogens (tertiary/aromatic N) is 2. The second kappa shape index (κ2) is 23.8. The number of rotatable bonds is 18. The molecule has 0 radical (unpaired) electrons. The number of ether oxygens (including phenoxy) is 1. The summed E-state index contributed by atoms with van der Waals surface area (Å²) in [5, 5.41) is 28.9. The van der Waals surface area contributed by atoms with Gasteiger partial charge in [-0.15, -0.1) is 0 Å². The minimum atomic E-state index is -1.19. The Morgan fingerprint density at radius 1 is 0.611 bits per heavy atom. The molecule has 1 N–H and O–H groups in total. The highest BCUT2D eigenvalue weighted by atomic mass is 16.5. The first-order valence-electron chi connectivity index (χ1n) is 19.3. The molecule has 4 aromatic carbocycles. The molecular weight excluding hydrogens is 669 g/mol. The zero-order valence-corrected chi connectivity index (χ0v) is 32.3. The normalized spacial score (nSPS) is 12.0. The molecule has 0 heterocycles. The van der Waals surface area contributed by atoms with Crippen LogP contribution in [-0.4, -0.2) is 23.7 Å². The summed E-state index contributed by atoms with van der Waals surface area (Å²) < 4.78 is 5.55. The van der Waals surface area contributed by atoms with E-state index in [2.05, 4.69) is 39.8 Å². The molecule has 0 aliphatic heterocycles. The summed E-state index contributed by atoms with van der Waals surface area (Å²) >= 11 is 0. The largest absolute Gasteiger partial charge is 0.477 e. The first kappa shape index (κ1) is 42.7. The molecule has 280 valence electrons. The Labute approximate surface area is 322 Å². The first-order valence-corrected chi connectivity index (χ1v) is 19.3. The highest BCUT2D eigenvalue weighted by molar-refractivity contribution is 6.06. The van der Waals surface area contributed by atoms with Gasteiger partial charge in [-0.1, -0.05) is 188 Å². The minimum absolute atomic E-state index is 0.0535. The number of aliphatic carboxylic acids is 1. The fourth-order valence-electron chi connectivity index (χ4n) is 6.48. The molecule has 2 atom stereocenters. The van der Waals surface area contributed by atoms with Gasteiger partial charge in [0.25, 0.3) is 0 Å². The first-order chi connectivity index (χ1) is 26.3. The van der Waals surface area contributed by atoms with Crippen LogP contribution < -0.4 is 0 Å². The zero-order chi connectivity index (χ0) is 39.1. The second-order valence-corrected chi connectivity index (χ2v) is 13.4. The van der Waals surface area contributed by atoms with Gasteiger partial charge < -0.3 is 9.84 Å². The predicted molar refractivity (Wildman–Crippen MR) is 218 cm³/mol. The summed E-state index contributed by atoms with van der Waals surface area (Å²) in [5.41, 5.74) is 5.33. The molecule has 0 fully saturated rings. The van der Waals surface area contributed by atoms with Gasteiger partial charge >= 0.3 is 11.9 Å². The molecule has 4 aromatic rings. The van der Waals surface area contributed by atoms with Crippen molar-refractivity contribution in [2.24, 2.45) is 11.8 Å². The molecule has 0 spiro atoms. The van der Waals surface area contributed by atoms with Gasteiger partial charge in [-0.2, -0.15) is 10.5 Å². The monoisotopic (exact) mass is 722 g/mol. The highest BCUT2D eigenvalue weighted by Gasteiger charge is 2.22. The van der Waals surface area contributed by atoms with E-state index in [0.717, 1.165) is 72.8 Å². The Balaban J connectivity index is 0.000000290.